The molecule has 1 N–H and O–H groups in total. The summed E-state index contributed by atoms with van der Waals surface area (Å²) in [5.41, 5.74) is -0.172. The smallest absolute Gasteiger partial charge is 0.134 e. The number of thiophene rings is 1. The predicted octanol–water partition coefficient (Wildman–Crippen LogP) is 3.52. The van der Waals surface area contributed by atoms with E-state index < -0.39 is 0 Å². The van der Waals surface area contributed by atoms with Gasteiger partial charge in [-0.3, -0.25) is 0 Å². The van der Waals surface area contributed by atoms with Crippen molar-refractivity contribution < 1.29 is 4.74 Å². The number of aromatic nitrogens is 1. The Balaban J connectivity index is 2.11. The van der Waals surface area contributed by atoms with Crippen molar-refractivity contribution in [1.82, 2.24) is 4.98 Å². The molecule has 0 aliphatic rings. The highest BCUT2D eigenvalue weighted by molar-refractivity contribution is 7.17. The summed E-state index contributed by atoms with van der Waals surface area (Å²) in [5, 5.41) is 6.64. The minimum absolute atomic E-state index is 0.172. The second-order valence-corrected chi connectivity index (χ2v) is 5.49. The molecule has 0 saturated carbocycles. The van der Waals surface area contributed by atoms with Crippen LogP contribution in [0, 0.1) is 0 Å². The van der Waals surface area contributed by atoms with E-state index in [1.165, 1.54) is 10.1 Å². The number of fused-ring (bicyclic) bond motifs is 1. The molecule has 2 aromatic rings. The first kappa shape index (κ1) is 12.3. The lowest BCUT2D eigenvalue weighted by Gasteiger charge is -2.25. The maximum absolute atomic E-state index is 5.66. The molecule has 17 heavy (non-hydrogen) atoms. The van der Waals surface area contributed by atoms with Crippen molar-refractivity contribution in [1.29, 1.82) is 0 Å². The Bertz CT molecular complexity index is 493. The second-order valence-electron chi connectivity index (χ2n) is 4.54. The molecule has 0 fully saturated rings. The quantitative estimate of drug-likeness (QED) is 0.881. The van der Waals surface area contributed by atoms with Gasteiger partial charge in [-0.15, -0.1) is 11.3 Å². The van der Waals surface area contributed by atoms with Crippen LogP contribution in [0.25, 0.3) is 10.1 Å². The van der Waals surface area contributed by atoms with Crippen molar-refractivity contribution in [2.24, 2.45) is 0 Å². The molecule has 0 bridgehead atoms. The monoisotopic (exact) mass is 250 g/mol. The zero-order chi connectivity index (χ0) is 12.3. The van der Waals surface area contributed by atoms with E-state index in [0.29, 0.717) is 0 Å². The molecule has 0 unspecified atom stereocenters. The van der Waals surface area contributed by atoms with Gasteiger partial charge in [0.05, 0.1) is 5.60 Å². The van der Waals surface area contributed by atoms with Gasteiger partial charge >= 0.3 is 0 Å². The molecule has 0 atom stereocenters. The average molecular weight is 250 g/mol. The molecular weight excluding hydrogens is 232 g/mol. The Hall–Kier alpha value is -1.13. The molecule has 4 heteroatoms. The third-order valence-corrected chi connectivity index (χ3v) is 3.48. The standard InChI is InChI=1S/C13H18N2OS/c1-4-16-13(2,3)9-15-12-10-6-8-17-11(10)5-7-14-12/h5-8H,4,9H2,1-3H3,(H,14,15). The summed E-state index contributed by atoms with van der Waals surface area (Å²) in [5.74, 6) is 0.941. The molecule has 0 amide bonds. The van der Waals surface area contributed by atoms with Crippen molar-refractivity contribution in [2.75, 3.05) is 18.5 Å². The van der Waals surface area contributed by atoms with Crippen LogP contribution in [0.15, 0.2) is 23.7 Å². The summed E-state index contributed by atoms with van der Waals surface area (Å²) in [4.78, 5) is 4.38. The van der Waals surface area contributed by atoms with Crippen molar-refractivity contribution in [3.63, 3.8) is 0 Å². The fourth-order valence-electron chi connectivity index (χ4n) is 1.77. The molecule has 92 valence electrons. The Morgan fingerprint density at radius 1 is 1.41 bits per heavy atom. The maximum atomic E-state index is 5.66. The molecule has 3 nitrogen and oxygen atoms in total. The first-order chi connectivity index (χ1) is 8.12. The van der Waals surface area contributed by atoms with Crippen LogP contribution in [-0.4, -0.2) is 23.7 Å². The molecule has 2 heterocycles. The Morgan fingerprint density at radius 2 is 2.24 bits per heavy atom. The number of hydrogen-bond donors (Lipinski definition) is 1. The number of hydrogen-bond acceptors (Lipinski definition) is 4. The van der Waals surface area contributed by atoms with Crippen LogP contribution in [-0.2, 0) is 4.74 Å². The van der Waals surface area contributed by atoms with Crippen LogP contribution in [0.1, 0.15) is 20.8 Å². The largest absolute Gasteiger partial charge is 0.374 e. The van der Waals surface area contributed by atoms with Crippen LogP contribution in [0.2, 0.25) is 0 Å². The van der Waals surface area contributed by atoms with Crippen molar-refractivity contribution in [2.45, 2.75) is 26.4 Å². The molecule has 0 saturated heterocycles. The predicted molar refractivity (Wildman–Crippen MR) is 73.8 cm³/mol. The number of pyridine rings is 1. The molecule has 0 aliphatic carbocycles. The Kier molecular flexibility index (Phi) is 3.64. The highest BCUT2D eigenvalue weighted by Crippen LogP contribution is 2.26. The lowest BCUT2D eigenvalue weighted by Crippen LogP contribution is -2.33. The highest BCUT2D eigenvalue weighted by atomic mass is 32.1. The van der Waals surface area contributed by atoms with E-state index in [1.807, 2.05) is 19.2 Å². The van der Waals surface area contributed by atoms with Crippen LogP contribution < -0.4 is 5.32 Å². The van der Waals surface area contributed by atoms with E-state index in [2.05, 4.69) is 35.6 Å². The SMILES string of the molecule is CCOC(C)(C)CNc1nccc2sccc12. The van der Waals surface area contributed by atoms with E-state index in [-0.39, 0.29) is 5.60 Å². The summed E-state index contributed by atoms with van der Waals surface area (Å²) >= 11 is 1.73. The van der Waals surface area contributed by atoms with Crippen LogP contribution in [0.5, 0.6) is 0 Å². The Labute approximate surface area is 106 Å². The summed E-state index contributed by atoms with van der Waals surface area (Å²) in [6, 6.07) is 4.14. The molecule has 0 spiro atoms. The van der Waals surface area contributed by atoms with Gasteiger partial charge in [0.1, 0.15) is 5.82 Å². The zero-order valence-electron chi connectivity index (χ0n) is 10.5. The van der Waals surface area contributed by atoms with E-state index in [9.17, 15) is 0 Å². The van der Waals surface area contributed by atoms with Crippen LogP contribution >= 0.6 is 11.3 Å². The molecule has 2 aromatic heterocycles. The van der Waals surface area contributed by atoms with Gasteiger partial charge in [-0.05, 0) is 38.3 Å². The highest BCUT2D eigenvalue weighted by Gasteiger charge is 2.17. The third kappa shape index (κ3) is 2.96. The summed E-state index contributed by atoms with van der Waals surface area (Å²) < 4.78 is 6.92. The summed E-state index contributed by atoms with van der Waals surface area (Å²) in [6.45, 7) is 7.65. The normalized spacial score (nSPS) is 11.9. The lowest BCUT2D eigenvalue weighted by molar-refractivity contribution is 0.000665. The topological polar surface area (TPSA) is 34.1 Å². The molecular formula is C13H18N2OS. The number of nitrogens with one attached hydrogen (secondary N) is 1. The van der Waals surface area contributed by atoms with Crippen molar-refractivity contribution in [3.05, 3.63) is 23.7 Å². The third-order valence-electron chi connectivity index (χ3n) is 2.60. The van der Waals surface area contributed by atoms with Gasteiger partial charge in [-0.25, -0.2) is 4.98 Å². The summed E-state index contributed by atoms with van der Waals surface area (Å²) in [7, 11) is 0. The van der Waals surface area contributed by atoms with Gasteiger partial charge < -0.3 is 10.1 Å². The fourth-order valence-corrected chi connectivity index (χ4v) is 2.56. The van der Waals surface area contributed by atoms with Crippen LogP contribution in [0.3, 0.4) is 0 Å². The molecule has 2 rings (SSSR count). The summed E-state index contributed by atoms with van der Waals surface area (Å²) in [6.07, 6.45) is 1.84. The van der Waals surface area contributed by atoms with Gasteiger partial charge in [0, 0.05) is 29.4 Å². The van der Waals surface area contributed by atoms with E-state index in [0.717, 1.165) is 19.0 Å². The average Bonchev–Trinajstić information content (AvgIpc) is 2.74. The molecule has 0 aliphatic heterocycles. The van der Waals surface area contributed by atoms with Gasteiger partial charge in [0.15, 0.2) is 0 Å². The molecule has 0 radical (unpaired) electrons. The zero-order valence-corrected chi connectivity index (χ0v) is 11.3. The number of ether oxygens (including phenoxy) is 1. The van der Waals surface area contributed by atoms with Gasteiger partial charge in [0.25, 0.3) is 0 Å². The first-order valence-electron chi connectivity index (χ1n) is 5.82. The fraction of sp³-hybridized carbons (Fsp3) is 0.462. The van der Waals surface area contributed by atoms with Gasteiger partial charge in [-0.2, -0.15) is 0 Å². The molecule has 0 aromatic carbocycles. The van der Waals surface area contributed by atoms with Crippen molar-refractivity contribution >= 4 is 27.2 Å². The number of anilines is 1. The number of rotatable bonds is 5. The lowest BCUT2D eigenvalue weighted by atomic mass is 10.1. The minimum Gasteiger partial charge on any atom is -0.374 e. The van der Waals surface area contributed by atoms with Gasteiger partial charge in [-0.1, -0.05) is 0 Å². The maximum Gasteiger partial charge on any atom is 0.134 e. The van der Waals surface area contributed by atoms with E-state index >= 15 is 0 Å². The minimum atomic E-state index is -0.172. The second kappa shape index (κ2) is 5.02. The Morgan fingerprint density at radius 3 is 3.00 bits per heavy atom. The van der Waals surface area contributed by atoms with Crippen LogP contribution in [0.4, 0.5) is 5.82 Å². The van der Waals surface area contributed by atoms with E-state index in [1.54, 1.807) is 11.3 Å². The van der Waals surface area contributed by atoms with Crippen molar-refractivity contribution in [3.8, 4) is 0 Å². The first-order valence-corrected chi connectivity index (χ1v) is 6.70. The number of nitrogens with zero attached hydrogens (tertiary/aromatic N) is 1. The van der Waals surface area contributed by atoms with E-state index in [4.69, 9.17) is 4.74 Å². The van der Waals surface area contributed by atoms with Gasteiger partial charge in [0.2, 0.25) is 0 Å².